The molecule has 2 rings (SSSR count). The van der Waals surface area contributed by atoms with E-state index in [9.17, 15) is 14.0 Å². The van der Waals surface area contributed by atoms with Crippen molar-refractivity contribution >= 4 is 33.7 Å². The molecule has 0 aliphatic carbocycles. The molecule has 0 aliphatic heterocycles. The molecule has 2 aromatic rings. The third-order valence-electron chi connectivity index (χ3n) is 2.85. The van der Waals surface area contributed by atoms with Gasteiger partial charge in [0.05, 0.1) is 5.56 Å². The second kappa shape index (κ2) is 7.69. The predicted octanol–water partition coefficient (Wildman–Crippen LogP) is 3.35. The molecule has 6 heteroatoms. The standard InChI is InChI=1S/C17H13BrFNO3/c18-12-5-7-16(23-10-17(20)22)14(9-12)15(21)6-4-11-2-1-3-13(19)8-11/h1-9H,10H2,(H2,20,22)/b6-4+. The van der Waals surface area contributed by atoms with E-state index in [1.807, 2.05) is 0 Å². The molecule has 1 amide bonds. The molecule has 0 aromatic heterocycles. The van der Waals surface area contributed by atoms with Crippen LogP contribution in [0.2, 0.25) is 0 Å². The number of ether oxygens (including phenoxy) is 1. The molecule has 0 saturated carbocycles. The van der Waals surface area contributed by atoms with Gasteiger partial charge in [-0.2, -0.15) is 0 Å². The van der Waals surface area contributed by atoms with Crippen LogP contribution in [0.5, 0.6) is 5.75 Å². The third-order valence-corrected chi connectivity index (χ3v) is 3.35. The van der Waals surface area contributed by atoms with Crippen LogP contribution in [0.1, 0.15) is 15.9 Å². The van der Waals surface area contributed by atoms with E-state index in [0.29, 0.717) is 10.0 Å². The first-order valence-corrected chi connectivity index (χ1v) is 7.43. The number of primary amides is 1. The fraction of sp³-hybridized carbons (Fsp3) is 0.0588. The van der Waals surface area contributed by atoms with E-state index in [2.05, 4.69) is 15.9 Å². The summed E-state index contributed by atoms with van der Waals surface area (Å²) in [5, 5.41) is 0. The van der Waals surface area contributed by atoms with Gasteiger partial charge in [0, 0.05) is 4.47 Å². The maximum Gasteiger partial charge on any atom is 0.255 e. The molecule has 4 nitrogen and oxygen atoms in total. The average Bonchev–Trinajstić information content (AvgIpc) is 2.51. The van der Waals surface area contributed by atoms with Crippen LogP contribution in [0.4, 0.5) is 4.39 Å². The average molecular weight is 378 g/mol. The van der Waals surface area contributed by atoms with Crippen molar-refractivity contribution in [3.05, 3.63) is 70.0 Å². The number of amides is 1. The number of hydrogen-bond acceptors (Lipinski definition) is 3. The summed E-state index contributed by atoms with van der Waals surface area (Å²) in [4.78, 5) is 23.1. The van der Waals surface area contributed by atoms with Gasteiger partial charge >= 0.3 is 0 Å². The highest BCUT2D eigenvalue weighted by Crippen LogP contribution is 2.24. The summed E-state index contributed by atoms with van der Waals surface area (Å²) in [6.07, 6.45) is 2.82. The molecule has 0 spiro atoms. The summed E-state index contributed by atoms with van der Waals surface area (Å²) in [6, 6.07) is 10.7. The van der Waals surface area contributed by atoms with Crippen LogP contribution in [-0.2, 0) is 4.79 Å². The van der Waals surface area contributed by atoms with Crippen molar-refractivity contribution in [2.45, 2.75) is 0 Å². The molecule has 0 aliphatic rings. The maximum absolute atomic E-state index is 13.1. The van der Waals surface area contributed by atoms with E-state index in [-0.39, 0.29) is 29.5 Å². The van der Waals surface area contributed by atoms with E-state index >= 15 is 0 Å². The summed E-state index contributed by atoms with van der Waals surface area (Å²) >= 11 is 3.28. The first-order chi connectivity index (χ1) is 11.0. The van der Waals surface area contributed by atoms with E-state index in [1.165, 1.54) is 24.3 Å². The van der Waals surface area contributed by atoms with Crippen molar-refractivity contribution in [3.8, 4) is 5.75 Å². The lowest BCUT2D eigenvalue weighted by Gasteiger charge is -2.08. The van der Waals surface area contributed by atoms with Crippen molar-refractivity contribution in [1.29, 1.82) is 0 Å². The molecule has 0 bridgehead atoms. The minimum Gasteiger partial charge on any atom is -0.483 e. The number of benzene rings is 2. The third kappa shape index (κ3) is 5.03. The van der Waals surface area contributed by atoms with Crippen LogP contribution in [0, 0.1) is 5.82 Å². The van der Waals surface area contributed by atoms with Gasteiger partial charge in [0.25, 0.3) is 5.91 Å². The summed E-state index contributed by atoms with van der Waals surface area (Å²) in [6.45, 7) is -0.324. The van der Waals surface area contributed by atoms with Crippen molar-refractivity contribution < 1.29 is 18.7 Å². The number of rotatable bonds is 6. The summed E-state index contributed by atoms with van der Waals surface area (Å²) in [7, 11) is 0. The Morgan fingerprint density at radius 2 is 2.00 bits per heavy atom. The molecule has 0 atom stereocenters. The molecule has 0 saturated heterocycles. The van der Waals surface area contributed by atoms with Crippen LogP contribution in [0.3, 0.4) is 0 Å². The lowest BCUT2D eigenvalue weighted by atomic mass is 10.1. The van der Waals surface area contributed by atoms with Crippen LogP contribution in [0.25, 0.3) is 6.08 Å². The highest BCUT2D eigenvalue weighted by Gasteiger charge is 2.12. The number of carbonyl (C=O) groups is 2. The fourth-order valence-electron chi connectivity index (χ4n) is 1.84. The number of allylic oxidation sites excluding steroid dienone is 1. The number of hydrogen-bond donors (Lipinski definition) is 1. The van der Waals surface area contributed by atoms with Crippen molar-refractivity contribution in [1.82, 2.24) is 0 Å². The second-order valence-electron chi connectivity index (χ2n) is 4.65. The van der Waals surface area contributed by atoms with Crippen LogP contribution in [-0.4, -0.2) is 18.3 Å². The van der Waals surface area contributed by atoms with Crippen molar-refractivity contribution in [2.75, 3.05) is 6.61 Å². The Kier molecular flexibility index (Phi) is 5.65. The summed E-state index contributed by atoms with van der Waals surface area (Å²) in [5.41, 5.74) is 5.87. The van der Waals surface area contributed by atoms with Gasteiger partial charge in [-0.1, -0.05) is 34.1 Å². The van der Waals surface area contributed by atoms with E-state index in [0.717, 1.165) is 0 Å². The Morgan fingerprint density at radius 1 is 1.22 bits per heavy atom. The lowest BCUT2D eigenvalue weighted by molar-refractivity contribution is -0.119. The molecular weight excluding hydrogens is 365 g/mol. The smallest absolute Gasteiger partial charge is 0.255 e. The minimum atomic E-state index is -0.637. The van der Waals surface area contributed by atoms with Gasteiger partial charge in [-0.05, 0) is 42.0 Å². The topological polar surface area (TPSA) is 69.4 Å². The van der Waals surface area contributed by atoms with Gasteiger partial charge in [-0.3, -0.25) is 9.59 Å². The lowest BCUT2D eigenvalue weighted by Crippen LogP contribution is -2.20. The molecule has 2 N–H and O–H groups in total. The molecule has 2 aromatic carbocycles. The minimum absolute atomic E-state index is 0.251. The first kappa shape index (κ1) is 16.9. The Bertz CT molecular complexity index is 774. The monoisotopic (exact) mass is 377 g/mol. The zero-order chi connectivity index (χ0) is 16.8. The van der Waals surface area contributed by atoms with Gasteiger partial charge in [0.2, 0.25) is 0 Å². The SMILES string of the molecule is NC(=O)COc1ccc(Br)cc1C(=O)/C=C/c1cccc(F)c1. The maximum atomic E-state index is 13.1. The second-order valence-corrected chi connectivity index (χ2v) is 5.56. The van der Waals surface area contributed by atoms with Gasteiger partial charge in [-0.15, -0.1) is 0 Å². The van der Waals surface area contributed by atoms with Crippen LogP contribution >= 0.6 is 15.9 Å². The molecule has 0 heterocycles. The van der Waals surface area contributed by atoms with Gasteiger partial charge in [-0.25, -0.2) is 4.39 Å². The molecule has 0 unspecified atom stereocenters. The zero-order valence-corrected chi connectivity index (χ0v) is 13.5. The molecule has 0 radical (unpaired) electrons. The zero-order valence-electron chi connectivity index (χ0n) is 12.0. The quantitative estimate of drug-likeness (QED) is 0.619. The van der Waals surface area contributed by atoms with E-state index in [1.54, 1.807) is 30.3 Å². The van der Waals surface area contributed by atoms with E-state index < -0.39 is 5.91 Å². The first-order valence-electron chi connectivity index (χ1n) is 6.64. The Labute approximate surface area is 140 Å². The van der Waals surface area contributed by atoms with Gasteiger partial charge in [0.15, 0.2) is 12.4 Å². The molecule has 23 heavy (non-hydrogen) atoms. The highest BCUT2D eigenvalue weighted by molar-refractivity contribution is 9.10. The van der Waals surface area contributed by atoms with E-state index in [4.69, 9.17) is 10.5 Å². The Hall–Kier alpha value is -2.47. The number of nitrogens with two attached hydrogens (primary N) is 1. The van der Waals surface area contributed by atoms with Crippen LogP contribution in [0.15, 0.2) is 53.0 Å². The fourth-order valence-corrected chi connectivity index (χ4v) is 2.20. The number of carbonyl (C=O) groups excluding carboxylic acids is 2. The van der Waals surface area contributed by atoms with Gasteiger partial charge < -0.3 is 10.5 Å². The largest absolute Gasteiger partial charge is 0.483 e. The number of ketones is 1. The predicted molar refractivity (Wildman–Crippen MR) is 88.6 cm³/mol. The molecule has 0 fully saturated rings. The Balaban J connectivity index is 2.23. The number of halogens is 2. The van der Waals surface area contributed by atoms with Gasteiger partial charge in [0.1, 0.15) is 11.6 Å². The molecular formula is C17H13BrFNO3. The highest BCUT2D eigenvalue weighted by atomic mass is 79.9. The molecule has 118 valence electrons. The summed E-state index contributed by atoms with van der Waals surface area (Å²) < 4.78 is 19.0. The van der Waals surface area contributed by atoms with Crippen LogP contribution < -0.4 is 10.5 Å². The summed E-state index contributed by atoms with van der Waals surface area (Å²) in [5.74, 6) is -1.11. The van der Waals surface area contributed by atoms with Crippen molar-refractivity contribution in [3.63, 3.8) is 0 Å². The Morgan fingerprint density at radius 3 is 2.70 bits per heavy atom. The normalized spacial score (nSPS) is 10.7. The van der Waals surface area contributed by atoms with Crippen molar-refractivity contribution in [2.24, 2.45) is 5.73 Å².